The van der Waals surface area contributed by atoms with Crippen LogP contribution in [0.25, 0.3) is 11.0 Å². The van der Waals surface area contributed by atoms with Crippen molar-refractivity contribution in [1.29, 1.82) is 5.26 Å². The van der Waals surface area contributed by atoms with Gasteiger partial charge in [-0.2, -0.15) is 5.26 Å². The second-order valence-corrected chi connectivity index (χ2v) is 5.63. The van der Waals surface area contributed by atoms with Crippen molar-refractivity contribution < 1.29 is 14.3 Å². The van der Waals surface area contributed by atoms with Gasteiger partial charge in [-0.3, -0.25) is 0 Å². The number of imidazole rings is 1. The minimum atomic E-state index is -0.741. The number of para-hydroxylation sites is 2. The van der Waals surface area contributed by atoms with E-state index in [1.807, 2.05) is 35.9 Å². The van der Waals surface area contributed by atoms with Crippen LogP contribution in [-0.4, -0.2) is 22.1 Å². The number of nitrogens with zero attached hydrogens (tertiary/aromatic N) is 3. The molecule has 0 amide bonds. The molecule has 0 spiro atoms. The van der Waals surface area contributed by atoms with Crippen molar-refractivity contribution in [2.24, 2.45) is 12.8 Å². The number of hydrogen-bond donors (Lipinski definition) is 1. The van der Waals surface area contributed by atoms with Gasteiger partial charge in [0, 0.05) is 7.05 Å². The van der Waals surface area contributed by atoms with Crippen molar-refractivity contribution in [2.45, 2.75) is 19.8 Å². The molecule has 128 valence electrons. The van der Waals surface area contributed by atoms with E-state index in [1.54, 1.807) is 13.8 Å². The second-order valence-electron chi connectivity index (χ2n) is 5.63. The first-order valence-corrected chi connectivity index (χ1v) is 7.86. The highest BCUT2D eigenvalue weighted by Crippen LogP contribution is 2.39. The number of ether oxygens (including phenoxy) is 2. The van der Waals surface area contributed by atoms with E-state index in [4.69, 9.17) is 15.2 Å². The first kappa shape index (κ1) is 16.6. The van der Waals surface area contributed by atoms with Crippen molar-refractivity contribution in [1.82, 2.24) is 9.55 Å². The fourth-order valence-corrected chi connectivity index (χ4v) is 3.04. The number of rotatable bonds is 3. The van der Waals surface area contributed by atoms with Crippen LogP contribution >= 0.6 is 0 Å². The maximum Gasteiger partial charge on any atom is 0.338 e. The van der Waals surface area contributed by atoms with Gasteiger partial charge < -0.3 is 19.8 Å². The highest BCUT2D eigenvalue weighted by Gasteiger charge is 2.39. The Labute approximate surface area is 145 Å². The highest BCUT2D eigenvalue weighted by molar-refractivity contribution is 5.92. The van der Waals surface area contributed by atoms with Crippen LogP contribution in [0.4, 0.5) is 0 Å². The van der Waals surface area contributed by atoms with Gasteiger partial charge in [-0.25, -0.2) is 9.78 Å². The molecule has 7 heteroatoms. The summed E-state index contributed by atoms with van der Waals surface area (Å²) in [6, 6.07) is 9.63. The Bertz CT molecular complexity index is 962. The summed E-state index contributed by atoms with van der Waals surface area (Å²) in [7, 11) is 1.84. The molecule has 1 aromatic heterocycles. The van der Waals surface area contributed by atoms with Crippen molar-refractivity contribution in [3.05, 3.63) is 52.9 Å². The van der Waals surface area contributed by atoms with E-state index >= 15 is 0 Å². The molecule has 1 aliphatic heterocycles. The number of aryl methyl sites for hydroxylation is 1. The average Bonchev–Trinajstić information content (AvgIpc) is 2.91. The van der Waals surface area contributed by atoms with Gasteiger partial charge in [0.25, 0.3) is 0 Å². The lowest BCUT2D eigenvalue weighted by Gasteiger charge is -2.26. The van der Waals surface area contributed by atoms with Crippen molar-refractivity contribution >= 4 is 17.0 Å². The van der Waals surface area contributed by atoms with E-state index in [2.05, 4.69) is 11.1 Å². The first-order valence-electron chi connectivity index (χ1n) is 7.86. The number of carbonyl (C=O) groups is 1. The van der Waals surface area contributed by atoms with Crippen LogP contribution in [0.3, 0.4) is 0 Å². The number of benzene rings is 1. The lowest BCUT2D eigenvalue weighted by Crippen LogP contribution is -2.27. The molecular weight excluding hydrogens is 320 g/mol. The lowest BCUT2D eigenvalue weighted by molar-refractivity contribution is -0.139. The summed E-state index contributed by atoms with van der Waals surface area (Å²) in [5.41, 5.74) is 7.94. The molecule has 1 atom stereocenters. The maximum absolute atomic E-state index is 12.5. The third-order valence-corrected chi connectivity index (χ3v) is 4.18. The molecule has 2 aromatic rings. The van der Waals surface area contributed by atoms with Crippen LogP contribution < -0.4 is 5.73 Å². The van der Waals surface area contributed by atoms with E-state index < -0.39 is 11.9 Å². The van der Waals surface area contributed by atoms with Crippen LogP contribution in [0, 0.1) is 11.3 Å². The summed E-state index contributed by atoms with van der Waals surface area (Å²) < 4.78 is 12.4. The van der Waals surface area contributed by atoms with E-state index in [-0.39, 0.29) is 23.6 Å². The normalized spacial score (nSPS) is 17.4. The quantitative estimate of drug-likeness (QED) is 0.861. The van der Waals surface area contributed by atoms with Gasteiger partial charge in [0.15, 0.2) is 0 Å². The van der Waals surface area contributed by atoms with Crippen LogP contribution in [0.15, 0.2) is 47.1 Å². The SMILES string of the molecule is CCOC(=O)C1=C(C)OC(N)=C(C#N)C1c1nc2ccccc2n1C. The van der Waals surface area contributed by atoms with Crippen molar-refractivity contribution in [3.63, 3.8) is 0 Å². The summed E-state index contributed by atoms with van der Waals surface area (Å²) >= 11 is 0. The molecular formula is C18H18N4O3. The Balaban J connectivity index is 2.25. The van der Waals surface area contributed by atoms with Gasteiger partial charge in [0.05, 0.1) is 29.1 Å². The predicted octanol–water partition coefficient (Wildman–Crippen LogP) is 2.22. The molecule has 25 heavy (non-hydrogen) atoms. The number of nitrogens with two attached hydrogens (primary N) is 1. The molecule has 1 aliphatic rings. The van der Waals surface area contributed by atoms with Crippen LogP contribution in [0.5, 0.6) is 0 Å². The molecule has 0 aliphatic carbocycles. The number of esters is 1. The number of carbonyl (C=O) groups excluding carboxylic acids is 1. The van der Waals surface area contributed by atoms with Crippen LogP contribution in [0.2, 0.25) is 0 Å². The van der Waals surface area contributed by atoms with E-state index in [9.17, 15) is 10.1 Å². The zero-order valence-electron chi connectivity index (χ0n) is 14.2. The predicted molar refractivity (Wildman–Crippen MR) is 90.7 cm³/mol. The summed E-state index contributed by atoms with van der Waals surface area (Å²) in [6.45, 7) is 3.56. The summed E-state index contributed by atoms with van der Waals surface area (Å²) in [5.74, 6) is -0.462. The monoisotopic (exact) mass is 338 g/mol. The summed E-state index contributed by atoms with van der Waals surface area (Å²) in [5, 5.41) is 9.60. The molecule has 0 radical (unpaired) electrons. The molecule has 3 rings (SSSR count). The fraction of sp³-hybridized carbons (Fsp3) is 0.278. The Hall–Kier alpha value is -3.27. The standard InChI is InChI=1S/C18H18N4O3/c1-4-24-18(23)14-10(2)25-16(20)11(9-19)15(14)17-21-12-7-5-6-8-13(12)22(17)3/h5-8,15H,4,20H2,1-3H3. The molecule has 7 nitrogen and oxygen atoms in total. The van der Waals surface area contributed by atoms with Gasteiger partial charge in [-0.15, -0.1) is 0 Å². The molecule has 0 saturated carbocycles. The third-order valence-electron chi connectivity index (χ3n) is 4.18. The zero-order chi connectivity index (χ0) is 18.1. The Kier molecular flexibility index (Phi) is 4.19. The Morgan fingerprint density at radius 1 is 1.48 bits per heavy atom. The zero-order valence-corrected chi connectivity index (χ0v) is 14.2. The molecule has 2 heterocycles. The van der Waals surface area contributed by atoms with Crippen LogP contribution in [0.1, 0.15) is 25.6 Å². The third kappa shape index (κ3) is 2.62. The number of hydrogen-bond acceptors (Lipinski definition) is 6. The maximum atomic E-state index is 12.5. The Morgan fingerprint density at radius 3 is 2.84 bits per heavy atom. The van der Waals surface area contributed by atoms with Crippen molar-refractivity contribution in [2.75, 3.05) is 6.61 Å². The summed E-state index contributed by atoms with van der Waals surface area (Å²) in [4.78, 5) is 17.1. The van der Waals surface area contributed by atoms with Crippen molar-refractivity contribution in [3.8, 4) is 6.07 Å². The largest absolute Gasteiger partial charge is 0.463 e. The van der Waals surface area contributed by atoms with E-state index in [0.717, 1.165) is 11.0 Å². The van der Waals surface area contributed by atoms with Crippen LogP contribution in [-0.2, 0) is 21.3 Å². The first-order chi connectivity index (χ1) is 12.0. The number of fused-ring (bicyclic) bond motifs is 1. The number of allylic oxidation sites excluding steroid dienone is 2. The second kappa shape index (κ2) is 6.32. The molecule has 0 saturated heterocycles. The number of aromatic nitrogens is 2. The molecule has 0 fully saturated rings. The lowest BCUT2D eigenvalue weighted by atomic mass is 9.88. The minimum absolute atomic E-state index is 0.0231. The van der Waals surface area contributed by atoms with E-state index in [0.29, 0.717) is 11.6 Å². The summed E-state index contributed by atoms with van der Waals surface area (Å²) in [6.07, 6.45) is 0. The molecule has 2 N–H and O–H groups in total. The van der Waals surface area contributed by atoms with Gasteiger partial charge in [-0.05, 0) is 26.0 Å². The molecule has 1 unspecified atom stereocenters. The average molecular weight is 338 g/mol. The van der Waals surface area contributed by atoms with Gasteiger partial charge in [0.2, 0.25) is 5.88 Å². The Morgan fingerprint density at radius 2 is 2.20 bits per heavy atom. The minimum Gasteiger partial charge on any atom is -0.463 e. The van der Waals surface area contributed by atoms with E-state index in [1.165, 1.54) is 0 Å². The highest BCUT2D eigenvalue weighted by atomic mass is 16.5. The molecule has 1 aromatic carbocycles. The van der Waals surface area contributed by atoms with Gasteiger partial charge >= 0.3 is 5.97 Å². The number of nitriles is 1. The topological polar surface area (TPSA) is 103 Å². The van der Waals surface area contributed by atoms with Gasteiger partial charge in [-0.1, -0.05) is 12.1 Å². The smallest absolute Gasteiger partial charge is 0.338 e. The fourth-order valence-electron chi connectivity index (χ4n) is 3.04. The molecule has 0 bridgehead atoms. The van der Waals surface area contributed by atoms with Gasteiger partial charge in [0.1, 0.15) is 23.2 Å².